The fraction of sp³-hybridized carbons (Fsp3) is 0.375. The molecule has 1 aliphatic heterocycles. The lowest BCUT2D eigenvalue weighted by atomic mass is 10.1. The number of nitrogens with zero attached hydrogens (tertiary/aromatic N) is 3. The summed E-state index contributed by atoms with van der Waals surface area (Å²) in [5.74, 6) is 1.33. The van der Waals surface area contributed by atoms with Crippen LogP contribution in [0, 0.1) is 6.92 Å². The van der Waals surface area contributed by atoms with Gasteiger partial charge in [-0.1, -0.05) is 12.8 Å². The van der Waals surface area contributed by atoms with Gasteiger partial charge in [-0.15, -0.1) is 0 Å². The number of amides is 1. The standard InChI is InChI=1S/C24H28N4O3/c1-16-8-10-18-22(27-20-14-17(30-2)9-11-21(20)31-3)19(15-25-23(18)26-16)24(29)28-12-6-4-5-7-13-28/h8-11,14-15H,4-7,12-13H2,1-3H3,(H,25,26,27). The normalized spacial score (nSPS) is 14.2. The van der Waals surface area contributed by atoms with Crippen LogP contribution in [0.1, 0.15) is 41.7 Å². The minimum absolute atomic E-state index is 0.0127. The van der Waals surface area contributed by atoms with Crippen molar-refractivity contribution < 1.29 is 14.3 Å². The molecule has 0 atom stereocenters. The lowest BCUT2D eigenvalue weighted by Gasteiger charge is -2.23. The van der Waals surface area contributed by atoms with E-state index in [-0.39, 0.29) is 5.91 Å². The van der Waals surface area contributed by atoms with Crippen molar-refractivity contribution in [3.8, 4) is 11.5 Å². The Bertz CT molecular complexity index is 1090. The van der Waals surface area contributed by atoms with Gasteiger partial charge in [0.2, 0.25) is 0 Å². The molecule has 0 spiro atoms. The molecule has 3 aromatic rings. The van der Waals surface area contributed by atoms with E-state index in [9.17, 15) is 4.79 Å². The van der Waals surface area contributed by atoms with Crippen molar-refractivity contribution in [2.24, 2.45) is 0 Å². The molecule has 0 unspecified atom stereocenters. The minimum atomic E-state index is -0.0127. The van der Waals surface area contributed by atoms with Gasteiger partial charge in [0.15, 0.2) is 5.65 Å². The fourth-order valence-electron chi connectivity index (χ4n) is 3.96. The van der Waals surface area contributed by atoms with Gasteiger partial charge in [0.25, 0.3) is 5.91 Å². The molecule has 1 N–H and O–H groups in total. The number of methoxy groups -OCH3 is 2. The first kappa shape index (κ1) is 20.9. The number of fused-ring (bicyclic) bond motifs is 1. The van der Waals surface area contributed by atoms with Crippen molar-refractivity contribution in [3.63, 3.8) is 0 Å². The van der Waals surface area contributed by atoms with Gasteiger partial charge in [-0.3, -0.25) is 4.79 Å². The summed E-state index contributed by atoms with van der Waals surface area (Å²) in [4.78, 5) is 24.5. The SMILES string of the molecule is COc1ccc(OC)c(Nc2c(C(=O)N3CCCCCC3)cnc3nc(C)ccc23)c1. The van der Waals surface area contributed by atoms with Crippen LogP contribution in [0.2, 0.25) is 0 Å². The maximum Gasteiger partial charge on any atom is 0.257 e. The fourth-order valence-corrected chi connectivity index (χ4v) is 3.96. The Morgan fingerprint density at radius 1 is 1.03 bits per heavy atom. The largest absolute Gasteiger partial charge is 0.497 e. The summed E-state index contributed by atoms with van der Waals surface area (Å²) in [5.41, 5.74) is 3.39. The Hall–Kier alpha value is -3.35. The summed E-state index contributed by atoms with van der Waals surface area (Å²) in [6, 6.07) is 9.41. The summed E-state index contributed by atoms with van der Waals surface area (Å²) in [6.45, 7) is 3.46. The molecule has 1 fully saturated rings. The van der Waals surface area contributed by atoms with Crippen LogP contribution in [0.4, 0.5) is 11.4 Å². The molecule has 2 aromatic heterocycles. The van der Waals surface area contributed by atoms with Crippen molar-refractivity contribution in [1.82, 2.24) is 14.9 Å². The molecule has 4 rings (SSSR count). The van der Waals surface area contributed by atoms with Gasteiger partial charge >= 0.3 is 0 Å². The van der Waals surface area contributed by atoms with E-state index in [1.807, 2.05) is 42.2 Å². The number of ether oxygens (including phenoxy) is 2. The highest BCUT2D eigenvalue weighted by atomic mass is 16.5. The first-order valence-corrected chi connectivity index (χ1v) is 10.7. The summed E-state index contributed by atoms with van der Waals surface area (Å²) >= 11 is 0. The second-order valence-corrected chi connectivity index (χ2v) is 7.77. The third-order valence-corrected chi connectivity index (χ3v) is 5.66. The maximum atomic E-state index is 13.5. The van der Waals surface area contributed by atoms with Crippen molar-refractivity contribution in [2.45, 2.75) is 32.6 Å². The highest BCUT2D eigenvalue weighted by Crippen LogP contribution is 2.36. The van der Waals surface area contributed by atoms with Crippen LogP contribution in [0.15, 0.2) is 36.5 Å². The Morgan fingerprint density at radius 2 is 1.81 bits per heavy atom. The van der Waals surface area contributed by atoms with Gasteiger partial charge < -0.3 is 19.7 Å². The highest BCUT2D eigenvalue weighted by molar-refractivity contribution is 6.07. The topological polar surface area (TPSA) is 76.6 Å². The highest BCUT2D eigenvalue weighted by Gasteiger charge is 2.23. The van der Waals surface area contributed by atoms with Crippen LogP contribution < -0.4 is 14.8 Å². The second kappa shape index (κ2) is 9.20. The summed E-state index contributed by atoms with van der Waals surface area (Å²) in [5, 5.41) is 4.22. The number of anilines is 2. The number of carbonyl (C=O) groups excluding carboxylic acids is 1. The van der Waals surface area contributed by atoms with Gasteiger partial charge in [0, 0.05) is 36.4 Å². The maximum absolute atomic E-state index is 13.5. The Kier molecular flexibility index (Phi) is 6.21. The van der Waals surface area contributed by atoms with Crippen LogP contribution >= 0.6 is 0 Å². The molecule has 0 bridgehead atoms. The zero-order valence-electron chi connectivity index (χ0n) is 18.3. The van der Waals surface area contributed by atoms with E-state index in [2.05, 4.69) is 15.3 Å². The average molecular weight is 421 g/mol. The number of likely N-dealkylation sites (tertiary alicyclic amines) is 1. The monoisotopic (exact) mass is 420 g/mol. The number of hydrogen-bond donors (Lipinski definition) is 1. The van der Waals surface area contributed by atoms with Crippen LogP contribution in [0.3, 0.4) is 0 Å². The number of aromatic nitrogens is 2. The molecule has 0 saturated carbocycles. The van der Waals surface area contributed by atoms with Crippen LogP contribution in [-0.4, -0.2) is 48.1 Å². The summed E-state index contributed by atoms with van der Waals surface area (Å²) < 4.78 is 10.9. The first-order valence-electron chi connectivity index (χ1n) is 10.7. The van der Waals surface area contributed by atoms with Gasteiger partial charge in [-0.2, -0.15) is 0 Å². The predicted octanol–water partition coefficient (Wildman–Crippen LogP) is 4.72. The predicted molar refractivity (Wildman–Crippen MR) is 121 cm³/mol. The van der Waals surface area contributed by atoms with E-state index in [0.717, 1.165) is 49.9 Å². The molecule has 31 heavy (non-hydrogen) atoms. The number of carbonyl (C=O) groups is 1. The van der Waals surface area contributed by atoms with E-state index >= 15 is 0 Å². The van der Waals surface area contributed by atoms with Crippen LogP contribution in [0.25, 0.3) is 11.0 Å². The number of hydrogen-bond acceptors (Lipinski definition) is 6. The summed E-state index contributed by atoms with van der Waals surface area (Å²) in [7, 11) is 3.24. The zero-order valence-corrected chi connectivity index (χ0v) is 18.3. The number of benzene rings is 1. The second-order valence-electron chi connectivity index (χ2n) is 7.77. The lowest BCUT2D eigenvalue weighted by Crippen LogP contribution is -2.32. The molecule has 1 aliphatic rings. The quantitative estimate of drug-likeness (QED) is 0.644. The average Bonchev–Trinajstić information content (AvgIpc) is 3.08. The minimum Gasteiger partial charge on any atom is -0.497 e. The Morgan fingerprint density at radius 3 is 2.52 bits per heavy atom. The van der Waals surface area contributed by atoms with E-state index in [0.29, 0.717) is 34.1 Å². The molecule has 1 amide bonds. The van der Waals surface area contributed by atoms with Crippen molar-refractivity contribution in [2.75, 3.05) is 32.6 Å². The lowest BCUT2D eigenvalue weighted by molar-refractivity contribution is 0.0762. The summed E-state index contributed by atoms with van der Waals surface area (Å²) in [6.07, 6.45) is 6.01. The Balaban J connectivity index is 1.83. The number of nitrogens with one attached hydrogen (secondary N) is 1. The molecular formula is C24H28N4O3. The smallest absolute Gasteiger partial charge is 0.257 e. The molecule has 7 heteroatoms. The van der Waals surface area contributed by atoms with Gasteiger partial charge in [-0.05, 0) is 44.0 Å². The van der Waals surface area contributed by atoms with E-state index in [1.165, 1.54) is 0 Å². The van der Waals surface area contributed by atoms with Crippen molar-refractivity contribution in [3.05, 3.63) is 47.8 Å². The molecule has 1 saturated heterocycles. The van der Waals surface area contributed by atoms with Crippen LogP contribution in [0.5, 0.6) is 11.5 Å². The van der Waals surface area contributed by atoms with Crippen LogP contribution in [-0.2, 0) is 0 Å². The molecule has 7 nitrogen and oxygen atoms in total. The van der Waals surface area contributed by atoms with Gasteiger partial charge in [-0.25, -0.2) is 9.97 Å². The third kappa shape index (κ3) is 4.40. The molecule has 1 aromatic carbocycles. The first-order chi connectivity index (χ1) is 15.1. The van der Waals surface area contributed by atoms with Gasteiger partial charge in [0.1, 0.15) is 11.5 Å². The molecule has 0 aliphatic carbocycles. The zero-order chi connectivity index (χ0) is 21.8. The number of rotatable bonds is 5. The number of pyridine rings is 2. The Labute approximate surface area is 182 Å². The molecule has 162 valence electrons. The third-order valence-electron chi connectivity index (χ3n) is 5.66. The van der Waals surface area contributed by atoms with E-state index in [4.69, 9.17) is 9.47 Å². The van der Waals surface area contributed by atoms with E-state index < -0.39 is 0 Å². The molecule has 0 radical (unpaired) electrons. The molecule has 3 heterocycles. The molecular weight excluding hydrogens is 392 g/mol. The number of aryl methyl sites for hydroxylation is 1. The van der Waals surface area contributed by atoms with Gasteiger partial charge in [0.05, 0.1) is 31.2 Å². The van der Waals surface area contributed by atoms with Crippen molar-refractivity contribution in [1.29, 1.82) is 0 Å². The van der Waals surface area contributed by atoms with Crippen molar-refractivity contribution >= 4 is 28.3 Å². The van der Waals surface area contributed by atoms with E-state index in [1.54, 1.807) is 20.4 Å².